The van der Waals surface area contributed by atoms with E-state index in [-0.39, 0.29) is 20.1 Å². The molecule has 0 aliphatic rings. The zero-order chi connectivity index (χ0) is 20.2. The Hall–Kier alpha value is -3.53. The topological polar surface area (TPSA) is 51.6 Å². The summed E-state index contributed by atoms with van der Waals surface area (Å²) in [4.78, 5) is 18.6. The number of benzene rings is 3. The van der Waals surface area contributed by atoms with Crippen LogP contribution in [0.4, 0.5) is 0 Å². The van der Waals surface area contributed by atoms with Crippen LogP contribution in [0.5, 0.6) is 0 Å². The van der Waals surface area contributed by atoms with Crippen molar-refractivity contribution in [3.63, 3.8) is 0 Å². The largest absolute Gasteiger partial charge is 0.305 e. The van der Waals surface area contributed by atoms with Crippen molar-refractivity contribution < 1.29 is 20.1 Å². The minimum atomic E-state index is 0. The number of rotatable bonds is 4. The predicted octanol–water partition coefficient (Wildman–Crippen LogP) is 5.73. The number of aromatic nitrogens is 4. The summed E-state index contributed by atoms with van der Waals surface area (Å²) in [5, 5.41) is 0. The number of pyridine rings is 1. The Bertz CT molecular complexity index is 1200. The molecule has 4 nitrogen and oxygen atoms in total. The Balaban J connectivity index is 0.00000231. The Morgan fingerprint density at radius 3 is 1.55 bits per heavy atom. The molecule has 0 N–H and O–H groups in total. The first-order chi connectivity index (χ1) is 14.9. The molecule has 5 aromatic rings. The van der Waals surface area contributed by atoms with Gasteiger partial charge in [-0.3, -0.25) is 0 Å². The second-order valence-electron chi connectivity index (χ2n) is 6.74. The second-order valence-corrected chi connectivity index (χ2v) is 6.74. The van der Waals surface area contributed by atoms with E-state index >= 15 is 0 Å². The summed E-state index contributed by atoms with van der Waals surface area (Å²) in [5.74, 6) is 1.91. The molecular weight excluding hydrogens is 561 g/mol. The molecule has 0 bridgehead atoms. The van der Waals surface area contributed by atoms with E-state index in [9.17, 15) is 0 Å². The number of nitrogens with zero attached hydrogens (tertiary/aromatic N) is 4. The van der Waals surface area contributed by atoms with Crippen LogP contribution in [0.15, 0.2) is 103 Å². The quantitative estimate of drug-likeness (QED) is 0.256. The molecule has 0 aliphatic carbocycles. The summed E-state index contributed by atoms with van der Waals surface area (Å²) < 4.78 is 0. The fourth-order valence-corrected chi connectivity index (χ4v) is 3.18. The van der Waals surface area contributed by atoms with E-state index in [2.05, 4.69) is 11.1 Å². The van der Waals surface area contributed by atoms with Crippen LogP contribution in [0, 0.1) is 6.07 Å². The van der Waals surface area contributed by atoms with Gasteiger partial charge in [0.2, 0.25) is 0 Å². The summed E-state index contributed by atoms with van der Waals surface area (Å²) in [6, 6.07) is 34.9. The summed E-state index contributed by atoms with van der Waals surface area (Å²) in [6.45, 7) is 0. The Morgan fingerprint density at radius 1 is 0.516 bits per heavy atom. The SMILES string of the molecule is [Ir].[c-]1cc(-c2nc(-c3ccccc3)nc(-c3ccccc3)n2)ccc1-c1ccccn1. The first-order valence-corrected chi connectivity index (χ1v) is 9.67. The molecule has 2 heterocycles. The monoisotopic (exact) mass is 578 g/mol. The molecule has 5 rings (SSSR count). The molecule has 0 amide bonds. The smallest absolute Gasteiger partial charge is 0.163 e. The number of hydrogen-bond donors (Lipinski definition) is 0. The third-order valence-corrected chi connectivity index (χ3v) is 4.71. The van der Waals surface area contributed by atoms with Crippen molar-refractivity contribution in [3.05, 3.63) is 109 Å². The molecule has 0 saturated heterocycles. The van der Waals surface area contributed by atoms with E-state index in [1.165, 1.54) is 0 Å². The predicted molar refractivity (Wildman–Crippen MR) is 118 cm³/mol. The molecule has 0 fully saturated rings. The summed E-state index contributed by atoms with van der Waals surface area (Å²) >= 11 is 0. The van der Waals surface area contributed by atoms with E-state index in [0.29, 0.717) is 17.5 Å². The molecule has 0 atom stereocenters. The maximum Gasteiger partial charge on any atom is 0.163 e. The molecule has 0 saturated carbocycles. The van der Waals surface area contributed by atoms with Gasteiger partial charge in [-0.25, -0.2) is 15.0 Å². The van der Waals surface area contributed by atoms with Crippen LogP contribution >= 0.6 is 0 Å². The van der Waals surface area contributed by atoms with E-state index in [1.54, 1.807) is 6.20 Å². The van der Waals surface area contributed by atoms with Crippen LogP contribution in [-0.2, 0) is 20.1 Å². The van der Waals surface area contributed by atoms with Crippen molar-refractivity contribution in [2.45, 2.75) is 0 Å². The Morgan fingerprint density at radius 2 is 1.06 bits per heavy atom. The van der Waals surface area contributed by atoms with Gasteiger partial charge in [-0.05, 0) is 11.8 Å². The van der Waals surface area contributed by atoms with E-state index < -0.39 is 0 Å². The molecular formula is C26H17IrN4-. The molecule has 31 heavy (non-hydrogen) atoms. The third-order valence-electron chi connectivity index (χ3n) is 4.71. The van der Waals surface area contributed by atoms with Gasteiger partial charge in [0.05, 0.1) is 0 Å². The van der Waals surface area contributed by atoms with Gasteiger partial charge >= 0.3 is 0 Å². The van der Waals surface area contributed by atoms with Crippen molar-refractivity contribution in [1.29, 1.82) is 0 Å². The minimum Gasteiger partial charge on any atom is -0.305 e. The van der Waals surface area contributed by atoms with Crippen molar-refractivity contribution in [2.75, 3.05) is 0 Å². The van der Waals surface area contributed by atoms with Gasteiger partial charge in [-0.15, -0.1) is 29.8 Å². The Labute approximate surface area is 194 Å². The van der Waals surface area contributed by atoms with Crippen LogP contribution in [-0.4, -0.2) is 19.9 Å². The first kappa shape index (κ1) is 20.7. The van der Waals surface area contributed by atoms with Gasteiger partial charge in [0.15, 0.2) is 11.6 Å². The van der Waals surface area contributed by atoms with Crippen molar-refractivity contribution in [1.82, 2.24) is 19.9 Å². The zero-order valence-electron chi connectivity index (χ0n) is 16.4. The molecule has 0 aliphatic heterocycles. The molecule has 0 spiro atoms. The average Bonchev–Trinajstić information content (AvgIpc) is 2.85. The molecule has 1 radical (unpaired) electrons. The van der Waals surface area contributed by atoms with Crippen LogP contribution < -0.4 is 0 Å². The summed E-state index contributed by atoms with van der Waals surface area (Å²) in [5.41, 5.74) is 4.60. The average molecular weight is 578 g/mol. The van der Waals surface area contributed by atoms with Gasteiger partial charge in [-0.1, -0.05) is 78.4 Å². The van der Waals surface area contributed by atoms with Gasteiger partial charge in [0.1, 0.15) is 5.82 Å². The third kappa shape index (κ3) is 4.64. The molecule has 151 valence electrons. The first-order valence-electron chi connectivity index (χ1n) is 9.67. The van der Waals surface area contributed by atoms with Crippen LogP contribution in [0.25, 0.3) is 45.4 Å². The van der Waals surface area contributed by atoms with Gasteiger partial charge in [0.25, 0.3) is 0 Å². The Kier molecular flexibility index (Phi) is 6.37. The van der Waals surface area contributed by atoms with Crippen molar-refractivity contribution in [2.24, 2.45) is 0 Å². The normalized spacial score (nSPS) is 10.3. The maximum absolute atomic E-state index is 4.74. The van der Waals surface area contributed by atoms with E-state index in [1.807, 2.05) is 97.1 Å². The van der Waals surface area contributed by atoms with Gasteiger partial charge in [0, 0.05) is 37.4 Å². The second kappa shape index (κ2) is 9.52. The number of hydrogen-bond acceptors (Lipinski definition) is 4. The molecule has 3 aromatic carbocycles. The fraction of sp³-hybridized carbons (Fsp3) is 0. The van der Waals surface area contributed by atoms with E-state index in [4.69, 9.17) is 15.0 Å². The minimum absolute atomic E-state index is 0. The van der Waals surface area contributed by atoms with Crippen molar-refractivity contribution >= 4 is 0 Å². The van der Waals surface area contributed by atoms with E-state index in [0.717, 1.165) is 27.9 Å². The van der Waals surface area contributed by atoms with Crippen molar-refractivity contribution in [3.8, 4) is 45.4 Å². The molecule has 5 heteroatoms. The summed E-state index contributed by atoms with van der Waals surface area (Å²) in [7, 11) is 0. The standard InChI is InChI=1S/C26H17N4.Ir/c1-3-9-20(10-4-1)24-28-25(21-11-5-2-6-12-21)30-26(29-24)22-16-14-19(15-17-22)23-13-7-8-18-27-23;/h1-14,16-18H;/q-1;. The molecule has 0 unspecified atom stereocenters. The van der Waals surface area contributed by atoms with Crippen LogP contribution in [0.3, 0.4) is 0 Å². The maximum atomic E-state index is 4.74. The van der Waals surface area contributed by atoms with Gasteiger partial charge < -0.3 is 4.98 Å². The summed E-state index contributed by atoms with van der Waals surface area (Å²) in [6.07, 6.45) is 1.78. The van der Waals surface area contributed by atoms with Crippen LogP contribution in [0.2, 0.25) is 0 Å². The van der Waals surface area contributed by atoms with Gasteiger partial charge in [-0.2, -0.15) is 0 Å². The fourth-order valence-electron chi connectivity index (χ4n) is 3.18. The molecule has 2 aromatic heterocycles. The van der Waals surface area contributed by atoms with Crippen LogP contribution in [0.1, 0.15) is 0 Å². The zero-order valence-corrected chi connectivity index (χ0v) is 18.8.